The first-order valence-corrected chi connectivity index (χ1v) is 4.31. The van der Waals surface area contributed by atoms with Crippen LogP contribution in [-0.4, -0.2) is 0 Å². The lowest BCUT2D eigenvalue weighted by molar-refractivity contribution is 1.52. The molecule has 2 nitrogen and oxygen atoms in total. The smallest absolute Gasteiger partial charge is 0.105 e. The van der Waals surface area contributed by atoms with Gasteiger partial charge in [-0.25, -0.2) is 0 Å². The van der Waals surface area contributed by atoms with Gasteiger partial charge in [0.1, 0.15) is 11.1 Å². The molecule has 0 fully saturated rings. The minimum absolute atomic E-state index is 0. The molecule has 1 heterocycles. The maximum absolute atomic E-state index is 8.78. The third kappa shape index (κ3) is 1.46. The van der Waals surface area contributed by atoms with E-state index in [2.05, 4.69) is 6.07 Å². The average Bonchev–Trinajstić information content (AvgIpc) is 2.40. The average molecular weight is 211 g/mol. The third-order valence-corrected chi connectivity index (χ3v) is 2.73. The Bertz CT molecular complexity index is 470. The van der Waals surface area contributed by atoms with Crippen molar-refractivity contribution in [2.45, 2.75) is 0 Å². The van der Waals surface area contributed by atoms with Crippen LogP contribution in [0, 0.1) is 11.3 Å². The summed E-state index contributed by atoms with van der Waals surface area (Å²) in [6.07, 6.45) is 0. The van der Waals surface area contributed by atoms with E-state index in [1.165, 1.54) is 11.3 Å². The summed E-state index contributed by atoms with van der Waals surface area (Å²) in [5, 5.41) is 10.4. The van der Waals surface area contributed by atoms with E-state index in [0.29, 0.717) is 10.6 Å². The maximum Gasteiger partial charge on any atom is 0.105 e. The molecule has 0 spiro atoms. The molecule has 0 bridgehead atoms. The Balaban J connectivity index is 0.000000845. The number of halogens is 1. The zero-order valence-corrected chi connectivity index (χ0v) is 8.28. The Morgan fingerprint density at radius 1 is 1.31 bits per heavy atom. The summed E-state index contributed by atoms with van der Waals surface area (Å²) in [5.74, 6) is 0. The molecular weight excluding hydrogens is 204 g/mol. The summed E-state index contributed by atoms with van der Waals surface area (Å²) >= 11 is 1.46. The van der Waals surface area contributed by atoms with Gasteiger partial charge in [-0.3, -0.25) is 0 Å². The molecule has 0 aliphatic heterocycles. The molecule has 0 saturated carbocycles. The highest BCUT2D eigenvalue weighted by Crippen LogP contribution is 2.32. The molecule has 0 aliphatic carbocycles. The van der Waals surface area contributed by atoms with Gasteiger partial charge in [-0.05, 0) is 6.07 Å². The molecule has 1 aromatic heterocycles. The molecule has 0 radical (unpaired) electrons. The summed E-state index contributed by atoms with van der Waals surface area (Å²) in [6, 6.07) is 9.85. The van der Waals surface area contributed by atoms with E-state index in [4.69, 9.17) is 11.0 Å². The normalized spacial score (nSPS) is 9.15. The van der Waals surface area contributed by atoms with Crippen molar-refractivity contribution in [3.63, 3.8) is 0 Å². The van der Waals surface area contributed by atoms with E-state index in [-0.39, 0.29) is 12.4 Å². The van der Waals surface area contributed by atoms with Crippen molar-refractivity contribution in [3.8, 4) is 6.07 Å². The first-order chi connectivity index (χ1) is 5.83. The van der Waals surface area contributed by atoms with E-state index < -0.39 is 0 Å². The molecule has 2 aromatic rings. The number of nitrogen functional groups attached to an aromatic ring is 1. The monoisotopic (exact) mass is 210 g/mol. The Kier molecular flexibility index (Phi) is 2.76. The van der Waals surface area contributed by atoms with Crippen LogP contribution in [0.1, 0.15) is 5.56 Å². The van der Waals surface area contributed by atoms with Crippen LogP contribution in [0.3, 0.4) is 0 Å². The van der Waals surface area contributed by atoms with Crippen LogP contribution >= 0.6 is 23.7 Å². The lowest BCUT2D eigenvalue weighted by atomic mass is 10.2. The zero-order chi connectivity index (χ0) is 8.55. The fraction of sp³-hybridized carbons (Fsp3) is 0. The maximum atomic E-state index is 8.78. The van der Waals surface area contributed by atoms with Crippen molar-refractivity contribution in [3.05, 3.63) is 29.8 Å². The Morgan fingerprint density at radius 3 is 2.69 bits per heavy atom. The summed E-state index contributed by atoms with van der Waals surface area (Å²) < 4.78 is 1.08. The number of hydrogen-bond donors (Lipinski definition) is 1. The molecule has 0 saturated heterocycles. The van der Waals surface area contributed by atoms with Gasteiger partial charge >= 0.3 is 0 Å². The molecule has 1 aromatic carbocycles. The van der Waals surface area contributed by atoms with Gasteiger partial charge in [0.15, 0.2) is 0 Å². The van der Waals surface area contributed by atoms with Gasteiger partial charge < -0.3 is 5.73 Å². The number of hydrogen-bond acceptors (Lipinski definition) is 3. The number of nitrogens with zero attached hydrogens (tertiary/aromatic N) is 1. The molecule has 0 aliphatic rings. The van der Waals surface area contributed by atoms with Crippen LogP contribution in [0.2, 0.25) is 0 Å². The first-order valence-electron chi connectivity index (χ1n) is 3.50. The van der Waals surface area contributed by atoms with Gasteiger partial charge in [-0.15, -0.1) is 23.7 Å². The molecule has 66 valence electrons. The Labute approximate surface area is 86.0 Å². The summed E-state index contributed by atoms with van der Waals surface area (Å²) in [5.41, 5.74) is 6.27. The molecule has 13 heavy (non-hydrogen) atoms. The van der Waals surface area contributed by atoms with Crippen LogP contribution in [0.15, 0.2) is 24.3 Å². The molecule has 0 atom stereocenters. The predicted octanol–water partition coefficient (Wildman–Crippen LogP) is 2.78. The number of nitrogens with two attached hydrogens (primary N) is 1. The molecular formula is C9H7ClN2S. The second-order valence-electron chi connectivity index (χ2n) is 2.45. The van der Waals surface area contributed by atoms with Gasteiger partial charge in [-0.2, -0.15) is 5.26 Å². The van der Waals surface area contributed by atoms with Gasteiger partial charge in [0.25, 0.3) is 0 Å². The summed E-state index contributed by atoms with van der Waals surface area (Å²) in [4.78, 5) is 0. The van der Waals surface area contributed by atoms with Crippen molar-refractivity contribution in [2.75, 3.05) is 5.73 Å². The van der Waals surface area contributed by atoms with Crippen molar-refractivity contribution >= 4 is 38.8 Å². The molecule has 0 amide bonds. The minimum atomic E-state index is 0. The van der Waals surface area contributed by atoms with Crippen LogP contribution in [0.4, 0.5) is 5.00 Å². The largest absolute Gasteiger partial charge is 0.389 e. The highest BCUT2D eigenvalue weighted by Gasteiger charge is 2.06. The molecule has 2 N–H and O–H groups in total. The highest BCUT2D eigenvalue weighted by atomic mass is 35.5. The quantitative estimate of drug-likeness (QED) is 0.727. The van der Waals surface area contributed by atoms with Gasteiger partial charge in [0.05, 0.1) is 5.56 Å². The van der Waals surface area contributed by atoms with Gasteiger partial charge in [-0.1, -0.05) is 18.2 Å². The van der Waals surface area contributed by atoms with Crippen LogP contribution in [0.25, 0.3) is 10.1 Å². The molecule has 4 heteroatoms. The fourth-order valence-electron chi connectivity index (χ4n) is 1.18. The number of rotatable bonds is 0. The minimum Gasteiger partial charge on any atom is -0.389 e. The number of anilines is 1. The highest BCUT2D eigenvalue weighted by molar-refractivity contribution is 7.23. The van der Waals surface area contributed by atoms with Crippen LogP contribution in [0.5, 0.6) is 0 Å². The SMILES string of the molecule is Cl.N#Cc1c(N)sc2ccccc12. The van der Waals surface area contributed by atoms with Crippen molar-refractivity contribution in [2.24, 2.45) is 0 Å². The lowest BCUT2D eigenvalue weighted by Crippen LogP contribution is -1.81. The number of thiophene rings is 1. The number of nitriles is 1. The van der Waals surface area contributed by atoms with Crippen molar-refractivity contribution < 1.29 is 0 Å². The van der Waals surface area contributed by atoms with E-state index >= 15 is 0 Å². The second-order valence-corrected chi connectivity index (χ2v) is 3.53. The van der Waals surface area contributed by atoms with E-state index in [1.54, 1.807) is 0 Å². The number of benzene rings is 1. The third-order valence-electron chi connectivity index (χ3n) is 1.73. The van der Waals surface area contributed by atoms with Crippen molar-refractivity contribution in [1.82, 2.24) is 0 Å². The van der Waals surface area contributed by atoms with Gasteiger partial charge in [0.2, 0.25) is 0 Å². The summed E-state index contributed by atoms with van der Waals surface area (Å²) in [6.45, 7) is 0. The Hall–Kier alpha value is -1.24. The van der Waals surface area contributed by atoms with E-state index in [0.717, 1.165) is 10.1 Å². The standard InChI is InChI=1S/C9H6N2S.ClH/c10-5-7-6-3-1-2-4-8(6)12-9(7)11;/h1-4H,11H2;1H. The first kappa shape index (κ1) is 9.85. The number of fused-ring (bicyclic) bond motifs is 1. The zero-order valence-electron chi connectivity index (χ0n) is 6.65. The van der Waals surface area contributed by atoms with E-state index in [1.807, 2.05) is 24.3 Å². The Morgan fingerprint density at radius 2 is 2.00 bits per heavy atom. The van der Waals surface area contributed by atoms with Crippen molar-refractivity contribution in [1.29, 1.82) is 5.26 Å². The summed E-state index contributed by atoms with van der Waals surface area (Å²) in [7, 11) is 0. The fourth-order valence-corrected chi connectivity index (χ4v) is 2.10. The van der Waals surface area contributed by atoms with Gasteiger partial charge in [0, 0.05) is 10.1 Å². The molecule has 0 unspecified atom stereocenters. The predicted molar refractivity (Wildman–Crippen MR) is 58.2 cm³/mol. The molecule has 2 rings (SSSR count). The second kappa shape index (κ2) is 3.65. The van der Waals surface area contributed by atoms with E-state index in [9.17, 15) is 0 Å². The topological polar surface area (TPSA) is 49.8 Å². The lowest BCUT2D eigenvalue weighted by Gasteiger charge is -1.86. The van der Waals surface area contributed by atoms with Crippen LogP contribution in [-0.2, 0) is 0 Å². The van der Waals surface area contributed by atoms with Crippen LogP contribution < -0.4 is 5.73 Å².